The summed E-state index contributed by atoms with van der Waals surface area (Å²) in [5.41, 5.74) is 0.837. The predicted octanol–water partition coefficient (Wildman–Crippen LogP) is 4.15. The van der Waals surface area contributed by atoms with Crippen molar-refractivity contribution in [2.24, 2.45) is 0 Å². The first kappa shape index (κ1) is 12.3. The Balaban J connectivity index is 2.55. The van der Waals surface area contributed by atoms with Gasteiger partial charge in [-0.25, -0.2) is 14.4 Å². The van der Waals surface area contributed by atoms with Crippen LogP contribution in [0.5, 0.6) is 0 Å². The van der Waals surface area contributed by atoms with Crippen LogP contribution >= 0.6 is 23.2 Å². The molecule has 0 aliphatic rings. The predicted molar refractivity (Wildman–Crippen MR) is 66.8 cm³/mol. The van der Waals surface area contributed by atoms with E-state index >= 15 is 0 Å². The first-order chi connectivity index (χ1) is 8.10. The van der Waals surface area contributed by atoms with Crippen LogP contribution < -0.4 is 0 Å². The van der Waals surface area contributed by atoms with E-state index in [4.69, 9.17) is 23.2 Å². The summed E-state index contributed by atoms with van der Waals surface area (Å²) in [7, 11) is 0. The maximum atomic E-state index is 13.7. The van der Waals surface area contributed by atoms with E-state index in [1.54, 1.807) is 12.1 Å². The Kier molecular flexibility index (Phi) is 3.60. The molecule has 1 aromatic heterocycles. The molecule has 0 unspecified atom stereocenters. The van der Waals surface area contributed by atoms with Crippen LogP contribution in [0.2, 0.25) is 10.2 Å². The number of halogens is 3. The molecule has 5 heteroatoms. The summed E-state index contributed by atoms with van der Waals surface area (Å²) in [6.07, 6.45) is 0.642. The van der Waals surface area contributed by atoms with Crippen molar-refractivity contribution in [3.05, 3.63) is 46.1 Å². The third kappa shape index (κ3) is 2.73. The van der Waals surface area contributed by atoms with Crippen LogP contribution in [0, 0.1) is 5.82 Å². The third-order valence-corrected chi connectivity index (χ3v) is 2.69. The molecule has 0 fully saturated rings. The fraction of sp³-hybridized carbons (Fsp3) is 0.167. The van der Waals surface area contributed by atoms with Crippen molar-refractivity contribution in [3.8, 4) is 11.3 Å². The van der Waals surface area contributed by atoms with Crippen LogP contribution in [0.15, 0.2) is 24.3 Å². The van der Waals surface area contributed by atoms with Gasteiger partial charge in [0.25, 0.3) is 0 Å². The van der Waals surface area contributed by atoms with Gasteiger partial charge in [-0.3, -0.25) is 0 Å². The Bertz CT molecular complexity index is 558. The minimum Gasteiger partial charge on any atom is -0.233 e. The average molecular weight is 271 g/mol. The molecule has 0 bridgehead atoms. The van der Waals surface area contributed by atoms with E-state index in [0.29, 0.717) is 33.7 Å². The molecule has 0 saturated heterocycles. The Labute approximate surface area is 108 Å². The molecule has 1 aromatic carbocycles. The Morgan fingerprint density at radius 2 is 1.94 bits per heavy atom. The van der Waals surface area contributed by atoms with E-state index in [2.05, 4.69) is 9.97 Å². The van der Waals surface area contributed by atoms with E-state index < -0.39 is 5.82 Å². The topological polar surface area (TPSA) is 25.8 Å². The molecule has 0 saturated carbocycles. The van der Waals surface area contributed by atoms with Crippen molar-refractivity contribution >= 4 is 23.2 Å². The molecule has 0 spiro atoms. The average Bonchev–Trinajstić information content (AvgIpc) is 2.28. The molecule has 0 aliphatic heterocycles. The second-order valence-corrected chi connectivity index (χ2v) is 4.29. The summed E-state index contributed by atoms with van der Waals surface area (Å²) in [5.74, 6) is 0.163. The summed E-state index contributed by atoms with van der Waals surface area (Å²) in [6, 6.07) is 5.98. The second-order valence-electron chi connectivity index (χ2n) is 3.47. The summed E-state index contributed by atoms with van der Waals surface area (Å²) < 4.78 is 13.7. The molecule has 0 aliphatic carbocycles. The molecule has 88 valence electrons. The standard InChI is InChI=1S/C12H9Cl2FN2/c1-2-12-16-10(6-11(14)17-12)8-4-3-7(13)5-9(8)15/h3-6H,2H2,1H3. The molecule has 2 aromatic rings. The van der Waals surface area contributed by atoms with Crippen molar-refractivity contribution in [1.29, 1.82) is 0 Å². The van der Waals surface area contributed by atoms with E-state index in [-0.39, 0.29) is 0 Å². The molecule has 2 nitrogen and oxygen atoms in total. The summed E-state index contributed by atoms with van der Waals surface area (Å²) in [6.45, 7) is 1.91. The van der Waals surface area contributed by atoms with E-state index in [1.807, 2.05) is 6.92 Å². The quantitative estimate of drug-likeness (QED) is 0.767. The minimum atomic E-state index is -0.422. The number of hydrogen-bond donors (Lipinski definition) is 0. The van der Waals surface area contributed by atoms with E-state index in [0.717, 1.165) is 0 Å². The number of aromatic nitrogens is 2. The van der Waals surface area contributed by atoms with Gasteiger partial charge in [-0.2, -0.15) is 0 Å². The molecule has 0 atom stereocenters. The Morgan fingerprint density at radius 1 is 1.18 bits per heavy atom. The van der Waals surface area contributed by atoms with Gasteiger partial charge in [0.2, 0.25) is 0 Å². The van der Waals surface area contributed by atoms with Crippen LogP contribution in [-0.4, -0.2) is 9.97 Å². The van der Waals surface area contributed by atoms with Gasteiger partial charge in [-0.15, -0.1) is 0 Å². The van der Waals surface area contributed by atoms with Gasteiger partial charge in [0.15, 0.2) is 0 Å². The number of nitrogens with zero attached hydrogens (tertiary/aromatic N) is 2. The number of hydrogen-bond acceptors (Lipinski definition) is 2. The monoisotopic (exact) mass is 270 g/mol. The number of aryl methyl sites for hydroxylation is 1. The summed E-state index contributed by atoms with van der Waals surface area (Å²) in [4.78, 5) is 8.27. The second kappa shape index (κ2) is 4.98. The molecule has 17 heavy (non-hydrogen) atoms. The molecular weight excluding hydrogens is 262 g/mol. The van der Waals surface area contributed by atoms with Gasteiger partial charge in [0.05, 0.1) is 5.69 Å². The van der Waals surface area contributed by atoms with Gasteiger partial charge in [0, 0.05) is 23.1 Å². The summed E-state index contributed by atoms with van der Waals surface area (Å²) in [5, 5.41) is 0.656. The third-order valence-electron chi connectivity index (χ3n) is 2.26. The Morgan fingerprint density at radius 3 is 2.59 bits per heavy atom. The highest BCUT2D eigenvalue weighted by Gasteiger charge is 2.09. The van der Waals surface area contributed by atoms with Gasteiger partial charge in [-0.1, -0.05) is 30.1 Å². The molecule has 0 amide bonds. The van der Waals surface area contributed by atoms with Gasteiger partial charge < -0.3 is 0 Å². The summed E-state index contributed by atoms with van der Waals surface area (Å²) >= 11 is 11.6. The van der Waals surface area contributed by atoms with Crippen molar-refractivity contribution in [3.63, 3.8) is 0 Å². The smallest absolute Gasteiger partial charge is 0.134 e. The van der Waals surface area contributed by atoms with Crippen molar-refractivity contribution in [2.75, 3.05) is 0 Å². The van der Waals surface area contributed by atoms with E-state index in [9.17, 15) is 4.39 Å². The van der Waals surface area contributed by atoms with Crippen LogP contribution in [-0.2, 0) is 6.42 Å². The molecule has 0 radical (unpaired) electrons. The maximum absolute atomic E-state index is 13.7. The molecule has 2 rings (SSSR count). The SMILES string of the molecule is CCc1nc(Cl)cc(-c2ccc(Cl)cc2F)n1. The van der Waals surface area contributed by atoms with Gasteiger partial charge in [-0.05, 0) is 18.2 Å². The zero-order chi connectivity index (χ0) is 12.4. The van der Waals surface area contributed by atoms with Crippen LogP contribution in [0.1, 0.15) is 12.7 Å². The number of benzene rings is 1. The minimum absolute atomic E-state index is 0.307. The highest BCUT2D eigenvalue weighted by Crippen LogP contribution is 2.25. The maximum Gasteiger partial charge on any atom is 0.134 e. The van der Waals surface area contributed by atoms with Gasteiger partial charge in [0.1, 0.15) is 16.8 Å². The zero-order valence-corrected chi connectivity index (χ0v) is 10.6. The molecule has 1 heterocycles. The van der Waals surface area contributed by atoms with Crippen molar-refractivity contribution < 1.29 is 4.39 Å². The van der Waals surface area contributed by atoms with Crippen LogP contribution in [0.4, 0.5) is 4.39 Å². The van der Waals surface area contributed by atoms with E-state index in [1.165, 1.54) is 12.1 Å². The normalized spacial score (nSPS) is 10.6. The first-order valence-electron chi connectivity index (χ1n) is 5.09. The zero-order valence-electron chi connectivity index (χ0n) is 9.04. The highest BCUT2D eigenvalue weighted by atomic mass is 35.5. The Hall–Kier alpha value is -1.19. The lowest BCUT2D eigenvalue weighted by atomic mass is 10.1. The molecular formula is C12H9Cl2FN2. The van der Waals surface area contributed by atoms with Crippen LogP contribution in [0.3, 0.4) is 0 Å². The lowest BCUT2D eigenvalue weighted by molar-refractivity contribution is 0.630. The van der Waals surface area contributed by atoms with Crippen molar-refractivity contribution in [2.45, 2.75) is 13.3 Å². The van der Waals surface area contributed by atoms with Gasteiger partial charge >= 0.3 is 0 Å². The molecule has 0 N–H and O–H groups in total. The fourth-order valence-corrected chi connectivity index (χ4v) is 1.82. The fourth-order valence-electron chi connectivity index (χ4n) is 1.46. The number of rotatable bonds is 2. The van der Waals surface area contributed by atoms with Crippen molar-refractivity contribution in [1.82, 2.24) is 9.97 Å². The lowest BCUT2D eigenvalue weighted by Crippen LogP contribution is -1.96. The highest BCUT2D eigenvalue weighted by molar-refractivity contribution is 6.30. The largest absolute Gasteiger partial charge is 0.233 e. The first-order valence-corrected chi connectivity index (χ1v) is 5.84. The van der Waals surface area contributed by atoms with Crippen LogP contribution in [0.25, 0.3) is 11.3 Å². The lowest BCUT2D eigenvalue weighted by Gasteiger charge is -2.05.